The highest BCUT2D eigenvalue weighted by molar-refractivity contribution is 7.99. The lowest BCUT2D eigenvalue weighted by Crippen LogP contribution is -2.13. The normalized spacial score (nSPS) is 10.6. The molecule has 9 heteroatoms. The maximum Gasteiger partial charge on any atom is 0.225 e. The summed E-state index contributed by atoms with van der Waals surface area (Å²) in [4.78, 5) is 16.0. The quantitative estimate of drug-likeness (QED) is 0.642. The second kappa shape index (κ2) is 7.02. The maximum atomic E-state index is 11.9. The van der Waals surface area contributed by atoms with Gasteiger partial charge in [-0.3, -0.25) is 4.79 Å². The van der Waals surface area contributed by atoms with Crippen molar-refractivity contribution >= 4 is 52.2 Å². The highest BCUT2D eigenvalue weighted by Crippen LogP contribution is 2.32. The van der Waals surface area contributed by atoms with Crippen LogP contribution in [-0.2, 0) is 11.8 Å². The summed E-state index contributed by atoms with van der Waals surface area (Å²) in [7, 11) is 1.79. The molecule has 0 spiro atoms. The van der Waals surface area contributed by atoms with Crippen LogP contribution in [0.2, 0.25) is 10.0 Å². The topological polar surface area (TPSA) is 85.8 Å². The monoisotopic (exact) mass is 345 g/mol. The first-order valence-corrected chi connectivity index (χ1v) is 7.72. The van der Waals surface area contributed by atoms with Crippen LogP contribution in [0, 0.1) is 0 Å². The molecule has 6 nitrogen and oxygen atoms in total. The molecule has 0 unspecified atom stereocenters. The molecule has 0 atom stereocenters. The van der Waals surface area contributed by atoms with Crippen LogP contribution in [-0.4, -0.2) is 26.4 Å². The summed E-state index contributed by atoms with van der Waals surface area (Å²) in [6.07, 6.45) is 1.77. The predicted molar refractivity (Wildman–Crippen MR) is 85.8 cm³/mol. The number of hydrogen-bond acceptors (Lipinski definition) is 5. The molecule has 0 aliphatic rings. The zero-order valence-electron chi connectivity index (χ0n) is 11.1. The fraction of sp³-hybridized carbons (Fsp3) is 0.250. The number of carbonyl (C=O) groups is 1. The van der Waals surface area contributed by atoms with Crippen molar-refractivity contribution in [1.82, 2.24) is 14.8 Å². The van der Waals surface area contributed by atoms with Crippen molar-refractivity contribution in [3.8, 4) is 0 Å². The maximum absolute atomic E-state index is 11.9. The van der Waals surface area contributed by atoms with Crippen LogP contribution in [0.5, 0.6) is 0 Å². The van der Waals surface area contributed by atoms with Gasteiger partial charge in [0.1, 0.15) is 6.33 Å². The van der Waals surface area contributed by atoms with Crippen LogP contribution in [0.25, 0.3) is 0 Å². The molecular weight excluding hydrogens is 333 g/mol. The van der Waals surface area contributed by atoms with Gasteiger partial charge >= 0.3 is 0 Å². The number of nitrogens with one attached hydrogen (secondary N) is 1. The molecule has 1 aromatic carbocycles. The molecule has 0 bridgehead atoms. The largest absolute Gasteiger partial charge is 0.399 e. The van der Waals surface area contributed by atoms with Crippen LogP contribution >= 0.6 is 35.0 Å². The van der Waals surface area contributed by atoms with Gasteiger partial charge in [-0.05, 0) is 12.1 Å². The van der Waals surface area contributed by atoms with E-state index in [0.29, 0.717) is 33.6 Å². The Hall–Kier alpha value is -1.44. The number of nitrogens with two attached hydrogens (primary N) is 1. The average molecular weight is 346 g/mol. The van der Waals surface area contributed by atoms with E-state index in [-0.39, 0.29) is 5.91 Å². The van der Waals surface area contributed by atoms with Crippen LogP contribution < -0.4 is 11.1 Å². The Labute approximate surface area is 136 Å². The number of carbonyl (C=O) groups excluding carboxylic acids is 1. The summed E-state index contributed by atoms with van der Waals surface area (Å²) in [6, 6.07) is 3.08. The number of hydrogen-bond donors (Lipinski definition) is 2. The standard InChI is InChI=1S/C12H13Cl2N5OS/c1-19-12(16-6-17-19)21-3-2-10(20)18-11-8(13)4-7(15)5-9(11)14/h4-6H,2-3,15H2,1H3,(H,18,20). The number of aromatic nitrogens is 3. The minimum Gasteiger partial charge on any atom is -0.399 e. The third kappa shape index (κ3) is 4.26. The molecular formula is C12H13Cl2N5OS. The minimum absolute atomic E-state index is 0.182. The summed E-state index contributed by atoms with van der Waals surface area (Å²) in [5, 5.41) is 8.02. The van der Waals surface area contributed by atoms with E-state index in [4.69, 9.17) is 28.9 Å². The third-order valence-corrected chi connectivity index (χ3v) is 4.19. The summed E-state index contributed by atoms with van der Waals surface area (Å²) in [5.41, 5.74) is 6.43. The predicted octanol–water partition coefficient (Wildman–Crippen LogP) is 2.83. The molecule has 0 saturated heterocycles. The first-order valence-electron chi connectivity index (χ1n) is 5.98. The summed E-state index contributed by atoms with van der Waals surface area (Å²) < 4.78 is 1.65. The SMILES string of the molecule is Cn1ncnc1SCCC(=O)Nc1c(Cl)cc(N)cc1Cl. The van der Waals surface area contributed by atoms with Gasteiger partial charge in [0.2, 0.25) is 5.91 Å². The molecule has 0 aliphatic carbocycles. The first kappa shape index (κ1) is 15.9. The van der Waals surface area contributed by atoms with Gasteiger partial charge in [-0.15, -0.1) is 0 Å². The van der Waals surface area contributed by atoms with Gasteiger partial charge in [-0.1, -0.05) is 35.0 Å². The zero-order chi connectivity index (χ0) is 15.4. The highest BCUT2D eigenvalue weighted by atomic mass is 35.5. The third-order valence-electron chi connectivity index (χ3n) is 2.56. The molecule has 1 aromatic heterocycles. The van der Waals surface area contributed by atoms with E-state index in [1.54, 1.807) is 11.7 Å². The second-order valence-electron chi connectivity index (χ2n) is 4.17. The molecule has 1 heterocycles. The number of anilines is 2. The number of rotatable bonds is 5. The van der Waals surface area contributed by atoms with E-state index in [9.17, 15) is 4.79 Å². The Morgan fingerprint density at radius 2 is 2.10 bits per heavy atom. The number of amides is 1. The Bertz CT molecular complexity index is 638. The van der Waals surface area contributed by atoms with Gasteiger partial charge in [-0.25, -0.2) is 9.67 Å². The summed E-state index contributed by atoms with van der Waals surface area (Å²) in [6.45, 7) is 0. The van der Waals surface area contributed by atoms with E-state index in [2.05, 4.69) is 15.4 Å². The second-order valence-corrected chi connectivity index (χ2v) is 6.05. The van der Waals surface area contributed by atoms with Crippen molar-refractivity contribution < 1.29 is 4.79 Å². The number of aryl methyl sites for hydroxylation is 1. The van der Waals surface area contributed by atoms with Crippen LogP contribution in [0.1, 0.15) is 6.42 Å². The van der Waals surface area contributed by atoms with Crippen molar-refractivity contribution in [3.63, 3.8) is 0 Å². The minimum atomic E-state index is -0.182. The Kier molecular flexibility index (Phi) is 5.33. The van der Waals surface area contributed by atoms with Gasteiger partial charge in [0.15, 0.2) is 5.16 Å². The number of nitrogens with zero attached hydrogens (tertiary/aromatic N) is 3. The fourth-order valence-corrected chi connectivity index (χ4v) is 2.99. The average Bonchev–Trinajstić information content (AvgIpc) is 2.80. The first-order chi connectivity index (χ1) is 9.97. The Balaban J connectivity index is 1.89. The van der Waals surface area contributed by atoms with Crippen LogP contribution in [0.3, 0.4) is 0 Å². The number of halogens is 2. The summed E-state index contributed by atoms with van der Waals surface area (Å²) in [5.74, 6) is 0.390. The van der Waals surface area contributed by atoms with Gasteiger partial charge < -0.3 is 11.1 Å². The lowest BCUT2D eigenvalue weighted by molar-refractivity contribution is -0.115. The lowest BCUT2D eigenvalue weighted by atomic mass is 10.2. The smallest absolute Gasteiger partial charge is 0.225 e. The molecule has 2 aromatic rings. The van der Waals surface area contributed by atoms with Crippen molar-refractivity contribution in [1.29, 1.82) is 0 Å². The fourth-order valence-electron chi connectivity index (χ4n) is 1.57. The van der Waals surface area contributed by atoms with Crippen LogP contribution in [0.15, 0.2) is 23.6 Å². The highest BCUT2D eigenvalue weighted by Gasteiger charge is 2.11. The molecule has 0 fully saturated rings. The lowest BCUT2D eigenvalue weighted by Gasteiger charge is -2.10. The molecule has 112 valence electrons. The number of benzene rings is 1. The molecule has 1 amide bonds. The van der Waals surface area contributed by atoms with Gasteiger partial charge in [-0.2, -0.15) is 5.10 Å². The van der Waals surface area contributed by atoms with E-state index in [1.807, 2.05) is 0 Å². The van der Waals surface area contributed by atoms with Gasteiger partial charge in [0, 0.05) is 24.9 Å². The molecule has 0 aliphatic heterocycles. The van der Waals surface area contributed by atoms with E-state index in [1.165, 1.54) is 30.2 Å². The molecule has 0 saturated carbocycles. The number of nitrogen functional groups attached to an aromatic ring is 1. The van der Waals surface area contributed by atoms with Crippen molar-refractivity contribution in [2.24, 2.45) is 7.05 Å². The zero-order valence-corrected chi connectivity index (χ0v) is 13.5. The molecule has 21 heavy (non-hydrogen) atoms. The molecule has 2 rings (SSSR count). The van der Waals surface area contributed by atoms with Crippen LogP contribution in [0.4, 0.5) is 11.4 Å². The van der Waals surface area contributed by atoms with Gasteiger partial charge in [0.05, 0.1) is 15.7 Å². The van der Waals surface area contributed by atoms with Crippen molar-refractivity contribution in [2.45, 2.75) is 11.6 Å². The number of thioether (sulfide) groups is 1. The Morgan fingerprint density at radius 1 is 1.43 bits per heavy atom. The van der Waals surface area contributed by atoms with E-state index >= 15 is 0 Å². The molecule has 0 radical (unpaired) electrons. The Morgan fingerprint density at radius 3 is 2.67 bits per heavy atom. The summed E-state index contributed by atoms with van der Waals surface area (Å²) >= 11 is 13.5. The van der Waals surface area contributed by atoms with Gasteiger partial charge in [0.25, 0.3) is 0 Å². The van der Waals surface area contributed by atoms with E-state index in [0.717, 1.165) is 5.16 Å². The van der Waals surface area contributed by atoms with Crippen molar-refractivity contribution in [3.05, 3.63) is 28.5 Å². The van der Waals surface area contributed by atoms with Crippen molar-refractivity contribution in [2.75, 3.05) is 16.8 Å². The van der Waals surface area contributed by atoms with E-state index < -0.39 is 0 Å². The molecule has 3 N–H and O–H groups in total.